The fourth-order valence-electron chi connectivity index (χ4n) is 3.27. The number of ketones is 1. The second-order valence-corrected chi connectivity index (χ2v) is 8.25. The molecular weight excluding hydrogens is 428 g/mol. The molecule has 33 heavy (non-hydrogen) atoms. The van der Waals surface area contributed by atoms with Gasteiger partial charge in [-0.05, 0) is 48.2 Å². The number of rotatable bonds is 9. The van der Waals surface area contributed by atoms with Crippen LogP contribution in [-0.2, 0) is 28.4 Å². The summed E-state index contributed by atoms with van der Waals surface area (Å²) >= 11 is 0. The van der Waals surface area contributed by atoms with Gasteiger partial charge >= 0.3 is 0 Å². The lowest BCUT2D eigenvalue weighted by atomic mass is 10.0. The van der Waals surface area contributed by atoms with E-state index in [1.807, 2.05) is 0 Å². The summed E-state index contributed by atoms with van der Waals surface area (Å²) in [6, 6.07) is 11.7. The van der Waals surface area contributed by atoms with E-state index >= 15 is 0 Å². The number of hydrogen-bond donors (Lipinski definition) is 1. The number of nitrogens with one attached hydrogen (secondary N) is 1. The molecule has 0 atom stereocenters. The Bertz CT molecular complexity index is 1160. The van der Waals surface area contributed by atoms with Gasteiger partial charge in [0.15, 0.2) is 0 Å². The summed E-state index contributed by atoms with van der Waals surface area (Å²) in [6.45, 7) is 0.802. The second-order valence-electron chi connectivity index (χ2n) is 8.25. The summed E-state index contributed by atoms with van der Waals surface area (Å²) in [7, 11) is 0. The second kappa shape index (κ2) is 9.44. The number of pyridine rings is 2. The van der Waals surface area contributed by atoms with Gasteiger partial charge in [0.2, 0.25) is 5.91 Å². The number of aromatic nitrogens is 2. The highest BCUT2D eigenvalue weighted by atomic mass is 19.3. The predicted molar refractivity (Wildman–Crippen MR) is 118 cm³/mol. The maximum atomic E-state index is 13.5. The number of benzene rings is 1. The normalized spacial score (nSPS) is 13.4. The number of ether oxygens (including phenoxy) is 1. The number of anilines is 1. The maximum Gasteiger partial charge on any atom is 0.272 e. The number of alkyl halides is 2. The molecule has 6 nitrogen and oxygen atoms in total. The van der Waals surface area contributed by atoms with E-state index in [0.29, 0.717) is 22.9 Å². The Hall–Kier alpha value is -3.68. The van der Waals surface area contributed by atoms with Gasteiger partial charge in [0, 0.05) is 55.9 Å². The average molecular weight is 451 g/mol. The van der Waals surface area contributed by atoms with Crippen molar-refractivity contribution in [3.05, 3.63) is 77.7 Å². The van der Waals surface area contributed by atoms with Gasteiger partial charge in [-0.25, -0.2) is 13.8 Å². The van der Waals surface area contributed by atoms with Crippen molar-refractivity contribution in [2.75, 3.05) is 5.32 Å². The number of hydrogen-bond acceptors (Lipinski definition) is 5. The van der Waals surface area contributed by atoms with E-state index in [2.05, 4.69) is 15.3 Å². The smallest absolute Gasteiger partial charge is 0.272 e. The first-order valence-electron chi connectivity index (χ1n) is 10.6. The van der Waals surface area contributed by atoms with E-state index < -0.39 is 5.92 Å². The molecule has 1 N–H and O–H groups in total. The van der Waals surface area contributed by atoms with Crippen LogP contribution >= 0.6 is 0 Å². The number of halogens is 2. The van der Waals surface area contributed by atoms with E-state index in [9.17, 15) is 18.4 Å². The third-order valence-corrected chi connectivity index (χ3v) is 5.19. The number of nitrogens with zero attached hydrogens (tertiary/aromatic N) is 2. The lowest BCUT2D eigenvalue weighted by Crippen LogP contribution is -2.14. The average Bonchev–Trinajstić information content (AvgIpc) is 3.61. The minimum atomic E-state index is -3.00. The first kappa shape index (κ1) is 22.5. The molecule has 2 aromatic heterocycles. The Labute approximate surface area is 190 Å². The van der Waals surface area contributed by atoms with E-state index in [0.717, 1.165) is 31.5 Å². The molecule has 0 saturated heterocycles. The van der Waals surface area contributed by atoms with Gasteiger partial charge < -0.3 is 10.1 Å². The monoisotopic (exact) mass is 451 g/mol. The molecule has 0 unspecified atom stereocenters. The molecule has 4 rings (SSSR count). The Morgan fingerprint density at radius 2 is 1.76 bits per heavy atom. The van der Waals surface area contributed by atoms with Gasteiger partial charge in [-0.15, -0.1) is 0 Å². The molecule has 1 fully saturated rings. The topological polar surface area (TPSA) is 81.2 Å². The van der Waals surface area contributed by atoms with Gasteiger partial charge in [-0.3, -0.25) is 14.6 Å². The molecule has 0 radical (unpaired) electrons. The molecule has 0 spiro atoms. The van der Waals surface area contributed by atoms with Crippen molar-refractivity contribution in [3.8, 4) is 11.5 Å². The quantitative estimate of drug-likeness (QED) is 0.491. The minimum Gasteiger partial charge on any atom is -0.457 e. The van der Waals surface area contributed by atoms with Gasteiger partial charge in [0.05, 0.1) is 0 Å². The van der Waals surface area contributed by atoms with Crippen molar-refractivity contribution in [1.29, 1.82) is 0 Å². The molecule has 8 heteroatoms. The molecule has 1 aliphatic rings. The van der Waals surface area contributed by atoms with Gasteiger partial charge in [-0.2, -0.15) is 0 Å². The number of carbonyl (C=O) groups excluding carboxylic acids is 2. The van der Waals surface area contributed by atoms with Gasteiger partial charge in [0.1, 0.15) is 23.1 Å². The molecule has 1 amide bonds. The van der Waals surface area contributed by atoms with E-state index in [1.54, 1.807) is 42.6 Å². The van der Waals surface area contributed by atoms with Gasteiger partial charge in [-0.1, -0.05) is 12.1 Å². The highest BCUT2D eigenvalue weighted by Crippen LogP contribution is 2.31. The summed E-state index contributed by atoms with van der Waals surface area (Å²) in [6.07, 6.45) is 6.12. The summed E-state index contributed by atoms with van der Waals surface area (Å²) in [5, 5.41) is 2.78. The summed E-state index contributed by atoms with van der Waals surface area (Å²) in [4.78, 5) is 32.3. The predicted octanol–water partition coefficient (Wildman–Crippen LogP) is 5.08. The van der Waals surface area contributed by atoms with Crippen LogP contribution in [0.1, 0.15) is 36.5 Å². The lowest BCUT2D eigenvalue weighted by molar-refractivity contribution is -0.118. The van der Waals surface area contributed by atoms with Gasteiger partial charge in [0.25, 0.3) is 5.92 Å². The summed E-state index contributed by atoms with van der Waals surface area (Å²) in [5.41, 5.74) is 1.03. The minimum absolute atomic E-state index is 0.0282. The largest absolute Gasteiger partial charge is 0.457 e. The molecule has 1 saturated carbocycles. The van der Waals surface area contributed by atoms with Crippen LogP contribution in [0.2, 0.25) is 0 Å². The van der Waals surface area contributed by atoms with Crippen LogP contribution in [0.25, 0.3) is 0 Å². The van der Waals surface area contributed by atoms with Crippen molar-refractivity contribution in [3.63, 3.8) is 0 Å². The Morgan fingerprint density at radius 3 is 2.45 bits per heavy atom. The zero-order valence-corrected chi connectivity index (χ0v) is 18.1. The van der Waals surface area contributed by atoms with E-state index in [4.69, 9.17) is 4.74 Å². The first-order chi connectivity index (χ1) is 15.8. The van der Waals surface area contributed by atoms with Crippen molar-refractivity contribution in [1.82, 2.24) is 9.97 Å². The molecule has 0 aliphatic heterocycles. The Balaban J connectivity index is 1.33. The SMILES string of the molecule is CC(F)(F)c1cncc(CC(=O)Cc2ccc(Oc3ccnc(NC(=O)C4CC4)c3)cc2)c1. The van der Waals surface area contributed by atoms with E-state index in [-0.39, 0.29) is 36.0 Å². The molecule has 0 bridgehead atoms. The maximum absolute atomic E-state index is 13.5. The summed E-state index contributed by atoms with van der Waals surface area (Å²) < 4.78 is 32.8. The zero-order chi connectivity index (χ0) is 23.4. The molecule has 2 heterocycles. The lowest BCUT2D eigenvalue weighted by Gasteiger charge is -2.11. The van der Waals surface area contributed by atoms with E-state index in [1.165, 1.54) is 12.3 Å². The first-order valence-corrected chi connectivity index (χ1v) is 10.6. The molecule has 1 aliphatic carbocycles. The van der Waals surface area contributed by atoms with Crippen LogP contribution in [0.3, 0.4) is 0 Å². The number of amides is 1. The van der Waals surface area contributed by atoms with Crippen LogP contribution in [0.15, 0.2) is 61.1 Å². The molecule has 170 valence electrons. The number of carbonyl (C=O) groups is 2. The molecule has 1 aromatic carbocycles. The molecule has 3 aromatic rings. The van der Waals surface area contributed by atoms with Crippen molar-refractivity contribution >= 4 is 17.5 Å². The third-order valence-electron chi connectivity index (χ3n) is 5.19. The van der Waals surface area contributed by atoms with Crippen LogP contribution in [0.4, 0.5) is 14.6 Å². The Morgan fingerprint density at radius 1 is 1.03 bits per heavy atom. The summed E-state index contributed by atoms with van der Waals surface area (Å²) in [5.74, 6) is -1.52. The van der Waals surface area contributed by atoms with Crippen molar-refractivity contribution in [2.45, 2.75) is 38.5 Å². The number of Topliss-reactive ketones (excluding diaryl/α,β-unsaturated/α-hetero) is 1. The molecular formula is C25H23F2N3O3. The van der Waals surface area contributed by atoms with Crippen molar-refractivity contribution in [2.24, 2.45) is 5.92 Å². The highest BCUT2D eigenvalue weighted by molar-refractivity contribution is 5.93. The van der Waals surface area contributed by atoms with Crippen LogP contribution < -0.4 is 10.1 Å². The zero-order valence-electron chi connectivity index (χ0n) is 18.1. The van der Waals surface area contributed by atoms with Crippen molar-refractivity contribution < 1.29 is 23.1 Å². The Kier molecular flexibility index (Phi) is 6.44. The fourth-order valence-corrected chi connectivity index (χ4v) is 3.27. The van der Waals surface area contributed by atoms with Crippen LogP contribution in [0, 0.1) is 5.92 Å². The highest BCUT2D eigenvalue weighted by Gasteiger charge is 2.29. The fraction of sp³-hybridized carbons (Fsp3) is 0.280. The standard InChI is InChI=1S/C25H23F2N3O3/c1-25(26,27)19-10-17(14-28-15-19)12-20(31)11-16-2-6-21(7-3-16)33-22-8-9-29-23(13-22)30-24(32)18-4-5-18/h2-3,6-10,13-15,18H,4-5,11-12H2,1H3,(H,29,30,32). The third kappa shape index (κ3) is 6.41. The van der Waals surface area contributed by atoms with Crippen LogP contribution in [-0.4, -0.2) is 21.7 Å². The van der Waals surface area contributed by atoms with Crippen LogP contribution in [0.5, 0.6) is 11.5 Å².